The van der Waals surface area contributed by atoms with Crippen molar-refractivity contribution in [1.29, 1.82) is 0 Å². The molecule has 2 rings (SSSR count). The summed E-state index contributed by atoms with van der Waals surface area (Å²) in [5.74, 6) is 1.73. The molecule has 9 heteroatoms. The molecule has 1 aliphatic rings. The molecule has 1 aliphatic heterocycles. The van der Waals surface area contributed by atoms with Gasteiger partial charge >= 0.3 is 0 Å². The average molecular weight is 492 g/mol. The standard InChI is InChI=1S/C18H32N6O2.HI/c1-5-14-11-16(26-22-14)12-20-18(19-6-2)21-15-7-9-24(10-8-15)13-17(25)23(3)4;/h11,15H,5-10,12-13H2,1-4H3,(H2,19,20,21);1H. The lowest BCUT2D eigenvalue weighted by atomic mass is 10.1. The quantitative estimate of drug-likeness (QED) is 0.341. The second-order valence-electron chi connectivity index (χ2n) is 6.82. The molecule has 0 aliphatic carbocycles. The topological polar surface area (TPSA) is 86.0 Å². The van der Waals surface area contributed by atoms with Crippen molar-refractivity contribution < 1.29 is 9.32 Å². The van der Waals surface area contributed by atoms with Crippen LogP contribution in [-0.2, 0) is 17.8 Å². The number of hydrogen-bond acceptors (Lipinski definition) is 5. The van der Waals surface area contributed by atoms with Crippen molar-refractivity contribution in [2.45, 2.75) is 45.7 Å². The minimum atomic E-state index is 0. The van der Waals surface area contributed by atoms with Gasteiger partial charge in [-0.2, -0.15) is 0 Å². The summed E-state index contributed by atoms with van der Waals surface area (Å²) in [6, 6.07) is 2.31. The van der Waals surface area contributed by atoms with E-state index in [0.717, 1.165) is 56.3 Å². The number of aliphatic imine (C=N–C) groups is 1. The smallest absolute Gasteiger partial charge is 0.236 e. The molecule has 0 bridgehead atoms. The number of hydrogen-bond donors (Lipinski definition) is 2. The highest BCUT2D eigenvalue weighted by molar-refractivity contribution is 14.0. The molecule has 0 atom stereocenters. The van der Waals surface area contributed by atoms with Crippen LogP contribution in [0.4, 0.5) is 0 Å². The number of piperidine rings is 1. The summed E-state index contributed by atoms with van der Waals surface area (Å²) >= 11 is 0. The van der Waals surface area contributed by atoms with E-state index < -0.39 is 0 Å². The first kappa shape index (κ1) is 23.7. The van der Waals surface area contributed by atoms with Crippen LogP contribution < -0.4 is 10.6 Å². The number of carbonyl (C=O) groups excluding carboxylic acids is 1. The molecule has 8 nitrogen and oxygen atoms in total. The van der Waals surface area contributed by atoms with E-state index in [1.54, 1.807) is 19.0 Å². The predicted octanol–water partition coefficient (Wildman–Crippen LogP) is 1.46. The zero-order valence-corrected chi connectivity index (χ0v) is 19.2. The van der Waals surface area contributed by atoms with Gasteiger partial charge in [0, 0.05) is 45.8 Å². The highest BCUT2D eigenvalue weighted by Gasteiger charge is 2.22. The molecule has 154 valence electrons. The van der Waals surface area contributed by atoms with Gasteiger partial charge in [0.05, 0.1) is 12.2 Å². The van der Waals surface area contributed by atoms with E-state index in [-0.39, 0.29) is 29.9 Å². The highest BCUT2D eigenvalue weighted by Crippen LogP contribution is 2.11. The van der Waals surface area contributed by atoms with Gasteiger partial charge in [-0.25, -0.2) is 4.99 Å². The number of nitrogens with one attached hydrogen (secondary N) is 2. The molecule has 1 amide bonds. The minimum absolute atomic E-state index is 0. The molecule has 2 N–H and O–H groups in total. The lowest BCUT2D eigenvalue weighted by Gasteiger charge is -2.33. The monoisotopic (exact) mass is 492 g/mol. The van der Waals surface area contributed by atoms with E-state index in [2.05, 4.69) is 39.5 Å². The molecule has 0 aromatic carbocycles. The van der Waals surface area contributed by atoms with Crippen LogP contribution in [0.15, 0.2) is 15.6 Å². The number of aromatic nitrogens is 1. The summed E-state index contributed by atoms with van der Waals surface area (Å²) in [6.45, 7) is 7.71. The van der Waals surface area contributed by atoms with E-state index in [1.165, 1.54) is 0 Å². The van der Waals surface area contributed by atoms with Crippen LogP contribution in [0, 0.1) is 0 Å². The third-order valence-corrected chi connectivity index (χ3v) is 4.49. The maximum atomic E-state index is 11.8. The number of rotatable bonds is 7. The van der Waals surface area contributed by atoms with Gasteiger partial charge in [0.15, 0.2) is 11.7 Å². The number of nitrogens with zero attached hydrogens (tertiary/aromatic N) is 4. The van der Waals surface area contributed by atoms with Crippen molar-refractivity contribution >= 4 is 35.8 Å². The van der Waals surface area contributed by atoms with E-state index in [4.69, 9.17) is 4.52 Å². The third kappa shape index (κ3) is 8.04. The number of carbonyl (C=O) groups is 1. The zero-order chi connectivity index (χ0) is 18.9. The first-order valence-corrected chi connectivity index (χ1v) is 9.43. The molecule has 27 heavy (non-hydrogen) atoms. The molecular formula is C18H33IN6O2. The fourth-order valence-electron chi connectivity index (χ4n) is 2.84. The van der Waals surface area contributed by atoms with Crippen molar-refractivity contribution in [1.82, 2.24) is 25.6 Å². The third-order valence-electron chi connectivity index (χ3n) is 4.49. The largest absolute Gasteiger partial charge is 0.359 e. The maximum absolute atomic E-state index is 11.8. The molecule has 1 saturated heterocycles. The SMILES string of the molecule is CCNC(=NCc1cc(CC)no1)NC1CCN(CC(=O)N(C)C)CC1.I. The Kier molecular flexibility index (Phi) is 10.7. The van der Waals surface area contributed by atoms with E-state index in [0.29, 0.717) is 19.1 Å². The number of amides is 1. The van der Waals surface area contributed by atoms with Crippen LogP contribution in [0.2, 0.25) is 0 Å². The normalized spacial score (nSPS) is 15.9. The van der Waals surface area contributed by atoms with Gasteiger partial charge in [0.25, 0.3) is 0 Å². The summed E-state index contributed by atoms with van der Waals surface area (Å²) in [7, 11) is 3.60. The summed E-state index contributed by atoms with van der Waals surface area (Å²) in [5.41, 5.74) is 0.952. The Bertz CT molecular complexity index is 596. The van der Waals surface area contributed by atoms with Crippen molar-refractivity contribution in [3.05, 3.63) is 17.5 Å². The van der Waals surface area contributed by atoms with Gasteiger partial charge in [-0.05, 0) is 26.2 Å². The van der Waals surface area contributed by atoms with Crippen LogP contribution in [-0.4, -0.2) is 73.1 Å². The van der Waals surface area contributed by atoms with Crippen LogP contribution in [0.1, 0.15) is 38.1 Å². The Morgan fingerprint density at radius 3 is 2.63 bits per heavy atom. The zero-order valence-electron chi connectivity index (χ0n) is 16.8. The Morgan fingerprint density at radius 2 is 2.07 bits per heavy atom. The van der Waals surface area contributed by atoms with Crippen LogP contribution in [0.5, 0.6) is 0 Å². The second-order valence-corrected chi connectivity index (χ2v) is 6.82. The fourth-order valence-corrected chi connectivity index (χ4v) is 2.84. The summed E-state index contributed by atoms with van der Waals surface area (Å²) in [4.78, 5) is 20.3. The molecule has 0 saturated carbocycles. The van der Waals surface area contributed by atoms with Gasteiger partial charge in [0.2, 0.25) is 5.91 Å². The summed E-state index contributed by atoms with van der Waals surface area (Å²) in [5, 5.41) is 10.8. The highest BCUT2D eigenvalue weighted by atomic mass is 127. The average Bonchev–Trinajstić information content (AvgIpc) is 3.09. The number of aryl methyl sites for hydroxylation is 1. The molecule has 0 unspecified atom stereocenters. The van der Waals surface area contributed by atoms with Gasteiger partial charge in [-0.3, -0.25) is 9.69 Å². The Balaban J connectivity index is 0.00000364. The molecule has 0 radical (unpaired) electrons. The minimum Gasteiger partial charge on any atom is -0.359 e. The molecule has 2 heterocycles. The van der Waals surface area contributed by atoms with Crippen LogP contribution in [0.3, 0.4) is 0 Å². The maximum Gasteiger partial charge on any atom is 0.236 e. The van der Waals surface area contributed by atoms with Crippen LogP contribution >= 0.6 is 24.0 Å². The molecule has 1 fully saturated rings. The number of likely N-dealkylation sites (N-methyl/N-ethyl adjacent to an activating group) is 1. The van der Waals surface area contributed by atoms with Gasteiger partial charge in [-0.15, -0.1) is 24.0 Å². The van der Waals surface area contributed by atoms with Crippen molar-refractivity contribution in [2.75, 3.05) is 40.3 Å². The van der Waals surface area contributed by atoms with Crippen molar-refractivity contribution in [3.8, 4) is 0 Å². The molecule has 1 aromatic heterocycles. The van der Waals surface area contributed by atoms with Gasteiger partial charge in [-0.1, -0.05) is 12.1 Å². The van der Waals surface area contributed by atoms with E-state index in [1.807, 2.05) is 6.07 Å². The molecular weight excluding hydrogens is 459 g/mol. The fraction of sp³-hybridized carbons (Fsp3) is 0.722. The van der Waals surface area contributed by atoms with Crippen molar-refractivity contribution in [3.63, 3.8) is 0 Å². The lowest BCUT2D eigenvalue weighted by molar-refractivity contribution is -0.130. The van der Waals surface area contributed by atoms with E-state index >= 15 is 0 Å². The van der Waals surface area contributed by atoms with Gasteiger partial charge in [0.1, 0.15) is 6.54 Å². The first-order valence-electron chi connectivity index (χ1n) is 9.43. The number of guanidine groups is 1. The molecule has 1 aromatic rings. The lowest BCUT2D eigenvalue weighted by Crippen LogP contribution is -2.50. The summed E-state index contributed by atoms with van der Waals surface area (Å²) in [6.07, 6.45) is 2.85. The number of halogens is 1. The van der Waals surface area contributed by atoms with Crippen molar-refractivity contribution in [2.24, 2.45) is 4.99 Å². The second kappa shape index (κ2) is 12.2. The van der Waals surface area contributed by atoms with Crippen LogP contribution in [0.25, 0.3) is 0 Å². The predicted molar refractivity (Wildman–Crippen MR) is 117 cm³/mol. The first-order chi connectivity index (χ1) is 12.5. The Hall–Kier alpha value is -1.36. The summed E-state index contributed by atoms with van der Waals surface area (Å²) < 4.78 is 5.29. The van der Waals surface area contributed by atoms with Gasteiger partial charge < -0.3 is 20.1 Å². The van der Waals surface area contributed by atoms with E-state index in [9.17, 15) is 4.79 Å². The Morgan fingerprint density at radius 1 is 1.37 bits per heavy atom. The molecule has 0 spiro atoms. The Labute approximate surface area is 179 Å². The number of likely N-dealkylation sites (tertiary alicyclic amines) is 1.